The standard InChI is InChI=1S/C77H58N2O2/c1-44-21-11-12-24-49(44)56-42-62-68(67-54-27-15-19-31-65(54)80-43-58(56)67)52-36-33-47(40-60(52)75(62,2)3)78(46-35-38-64-57(39-46)50-25-14-18-30-63(50)79(64)45-22-9-8-10-23-45)48-34-37-53-61(41-48)77(6,7)73-71(53)74-70(55-28-16-20-32-66(55)81-74)69-51-26-13-17-29-59(51)76(4,5)72(69)73/h8-42H,43H2,1-7H3. The summed E-state index contributed by atoms with van der Waals surface area (Å²) in [4.78, 5) is 2.53. The highest BCUT2D eigenvalue weighted by atomic mass is 16.5. The van der Waals surface area contributed by atoms with E-state index in [1.165, 1.54) is 127 Å². The van der Waals surface area contributed by atoms with Gasteiger partial charge in [0.05, 0.1) is 11.0 Å². The van der Waals surface area contributed by atoms with Crippen LogP contribution in [-0.2, 0) is 22.9 Å². The van der Waals surface area contributed by atoms with Crippen molar-refractivity contribution in [1.29, 1.82) is 0 Å². The van der Waals surface area contributed by atoms with Gasteiger partial charge in [-0.15, -0.1) is 0 Å². The lowest BCUT2D eigenvalue weighted by Gasteiger charge is -2.32. The molecule has 4 heteroatoms. The normalized spacial score (nSPS) is 15.2. The molecular formula is C77H58N2O2. The van der Waals surface area contributed by atoms with Crippen molar-refractivity contribution >= 4 is 60.8 Å². The van der Waals surface area contributed by atoms with Gasteiger partial charge in [0.1, 0.15) is 23.5 Å². The summed E-state index contributed by atoms with van der Waals surface area (Å²) < 4.78 is 16.2. The second-order valence-corrected chi connectivity index (χ2v) is 24.7. The Hall–Kier alpha value is -9.38. The molecule has 4 aliphatic rings. The number of nitrogens with zero attached hydrogens (tertiary/aromatic N) is 2. The Morgan fingerprint density at radius 2 is 0.988 bits per heavy atom. The highest BCUT2D eigenvalue weighted by Gasteiger charge is 2.49. The largest absolute Gasteiger partial charge is 0.488 e. The number of hydrogen-bond donors (Lipinski definition) is 0. The number of hydrogen-bond acceptors (Lipinski definition) is 3. The molecule has 0 atom stereocenters. The van der Waals surface area contributed by atoms with E-state index >= 15 is 0 Å². The first kappa shape index (κ1) is 46.5. The molecule has 0 bridgehead atoms. The Bertz CT molecular complexity index is 4930. The van der Waals surface area contributed by atoms with E-state index in [0.29, 0.717) is 6.61 Å². The number of benzene rings is 11. The molecule has 388 valence electrons. The van der Waals surface area contributed by atoms with E-state index < -0.39 is 0 Å². The molecule has 0 spiro atoms. The molecule has 4 nitrogen and oxygen atoms in total. The van der Waals surface area contributed by atoms with Gasteiger partial charge in [-0.3, -0.25) is 0 Å². The van der Waals surface area contributed by atoms with Gasteiger partial charge in [0, 0.05) is 82.8 Å². The predicted octanol–water partition coefficient (Wildman–Crippen LogP) is 20.6. The van der Waals surface area contributed by atoms with Crippen LogP contribution in [0.2, 0.25) is 0 Å². The fraction of sp³-hybridized carbons (Fsp3) is 0.143. The molecule has 0 radical (unpaired) electrons. The van der Waals surface area contributed by atoms with Crippen LogP contribution in [0, 0.1) is 6.92 Å². The van der Waals surface area contributed by atoms with Crippen molar-refractivity contribution < 1.29 is 9.15 Å². The fourth-order valence-corrected chi connectivity index (χ4v) is 15.6. The number of rotatable bonds is 5. The Kier molecular flexibility index (Phi) is 9.27. The van der Waals surface area contributed by atoms with Gasteiger partial charge in [0.25, 0.3) is 0 Å². The number of para-hydroxylation sites is 4. The van der Waals surface area contributed by atoms with Gasteiger partial charge in [0.15, 0.2) is 0 Å². The van der Waals surface area contributed by atoms with Gasteiger partial charge in [-0.1, -0.05) is 175 Å². The van der Waals surface area contributed by atoms with E-state index in [0.717, 1.165) is 45.2 Å². The van der Waals surface area contributed by atoms with Crippen LogP contribution in [0.5, 0.6) is 5.75 Å². The Labute approximate surface area is 472 Å². The average molecular weight is 1040 g/mol. The number of aryl methyl sites for hydroxylation is 1. The maximum Gasteiger partial charge on any atom is 0.144 e. The zero-order chi connectivity index (χ0) is 54.4. The number of aromatic nitrogens is 1. The smallest absolute Gasteiger partial charge is 0.144 e. The fourth-order valence-electron chi connectivity index (χ4n) is 15.6. The van der Waals surface area contributed by atoms with E-state index in [1.807, 2.05) is 0 Å². The summed E-state index contributed by atoms with van der Waals surface area (Å²) >= 11 is 0. The first-order chi connectivity index (χ1) is 39.4. The van der Waals surface area contributed by atoms with Crippen molar-refractivity contribution in [3.63, 3.8) is 0 Å². The maximum atomic E-state index is 7.14. The lowest BCUT2D eigenvalue weighted by atomic mass is 9.72. The van der Waals surface area contributed by atoms with Crippen LogP contribution in [0.4, 0.5) is 17.1 Å². The van der Waals surface area contributed by atoms with E-state index in [-0.39, 0.29) is 16.2 Å². The third-order valence-electron chi connectivity index (χ3n) is 19.4. The van der Waals surface area contributed by atoms with Crippen LogP contribution < -0.4 is 9.64 Å². The van der Waals surface area contributed by atoms with Crippen LogP contribution in [0.3, 0.4) is 0 Å². The molecule has 3 heterocycles. The van der Waals surface area contributed by atoms with Gasteiger partial charge < -0.3 is 18.6 Å². The van der Waals surface area contributed by atoms with Crippen LogP contribution in [-0.4, -0.2) is 4.57 Å². The zero-order valence-corrected chi connectivity index (χ0v) is 46.6. The summed E-state index contributed by atoms with van der Waals surface area (Å²) in [7, 11) is 0. The SMILES string of the molecule is Cc1ccccc1-c1cc2c(c3c1COc1ccccc1-3)-c1ccc(N(c3ccc4c(c3)C(C)(C)c3c5c(c6c(oc7ccccc76)c3-4)-c3ccccc3C5(C)C)c3ccc4c(c3)c3ccccc3n4-c3ccccc3)cc1C2(C)C. The minimum Gasteiger partial charge on any atom is -0.488 e. The van der Waals surface area contributed by atoms with Crippen molar-refractivity contribution in [3.05, 3.63) is 257 Å². The van der Waals surface area contributed by atoms with Gasteiger partial charge in [-0.05, 0) is 164 Å². The van der Waals surface area contributed by atoms with Crippen LogP contribution >= 0.6 is 0 Å². The summed E-state index contributed by atoms with van der Waals surface area (Å²) in [5.41, 5.74) is 31.0. The Morgan fingerprint density at radius 1 is 0.407 bits per heavy atom. The topological polar surface area (TPSA) is 30.5 Å². The van der Waals surface area contributed by atoms with Crippen molar-refractivity contribution in [3.8, 4) is 67.1 Å². The molecule has 0 saturated heterocycles. The molecule has 0 fully saturated rings. The molecule has 81 heavy (non-hydrogen) atoms. The third-order valence-corrected chi connectivity index (χ3v) is 19.4. The molecule has 0 amide bonds. The summed E-state index contributed by atoms with van der Waals surface area (Å²) in [6.45, 7) is 17.4. The van der Waals surface area contributed by atoms with Gasteiger partial charge >= 0.3 is 0 Å². The van der Waals surface area contributed by atoms with Gasteiger partial charge in [0.2, 0.25) is 0 Å². The van der Waals surface area contributed by atoms with Crippen LogP contribution in [0.25, 0.3) is 105 Å². The lowest BCUT2D eigenvalue weighted by molar-refractivity contribution is 0.303. The summed E-state index contributed by atoms with van der Waals surface area (Å²) in [6, 6.07) is 79.0. The lowest BCUT2D eigenvalue weighted by Crippen LogP contribution is -2.24. The summed E-state index contributed by atoms with van der Waals surface area (Å²) in [5, 5.41) is 4.82. The number of anilines is 3. The molecule has 1 aliphatic heterocycles. The van der Waals surface area contributed by atoms with Crippen molar-refractivity contribution in [2.24, 2.45) is 0 Å². The molecule has 11 aromatic carbocycles. The van der Waals surface area contributed by atoms with E-state index in [1.54, 1.807) is 0 Å². The van der Waals surface area contributed by atoms with Crippen LogP contribution in [0.1, 0.15) is 86.1 Å². The minimum absolute atomic E-state index is 0.241. The first-order valence-corrected chi connectivity index (χ1v) is 28.7. The quantitative estimate of drug-likeness (QED) is 0.172. The minimum atomic E-state index is -0.383. The van der Waals surface area contributed by atoms with Gasteiger partial charge in [-0.2, -0.15) is 0 Å². The monoisotopic (exact) mass is 1040 g/mol. The maximum absolute atomic E-state index is 7.14. The highest BCUT2D eigenvalue weighted by Crippen LogP contribution is 2.64. The number of fused-ring (bicyclic) bond motifs is 22. The molecule has 2 aromatic heterocycles. The first-order valence-electron chi connectivity index (χ1n) is 28.7. The predicted molar refractivity (Wildman–Crippen MR) is 335 cm³/mol. The summed E-state index contributed by atoms with van der Waals surface area (Å²) in [5.74, 6) is 0.938. The van der Waals surface area contributed by atoms with E-state index in [9.17, 15) is 0 Å². The number of furan rings is 1. The van der Waals surface area contributed by atoms with Gasteiger partial charge in [-0.25, -0.2) is 0 Å². The average Bonchev–Trinajstić information content (AvgIpc) is 2.16. The van der Waals surface area contributed by atoms with Crippen molar-refractivity contribution in [1.82, 2.24) is 4.57 Å². The van der Waals surface area contributed by atoms with Crippen molar-refractivity contribution in [2.45, 2.75) is 71.3 Å². The van der Waals surface area contributed by atoms with Crippen LogP contribution in [0.15, 0.2) is 217 Å². The third kappa shape index (κ3) is 6.09. The Balaban J connectivity index is 0.911. The molecule has 13 aromatic rings. The highest BCUT2D eigenvalue weighted by molar-refractivity contribution is 6.21. The molecule has 0 unspecified atom stereocenters. The molecule has 0 N–H and O–H groups in total. The zero-order valence-electron chi connectivity index (χ0n) is 46.6. The van der Waals surface area contributed by atoms with Crippen molar-refractivity contribution in [2.75, 3.05) is 4.90 Å². The molecule has 17 rings (SSSR count). The van der Waals surface area contributed by atoms with E-state index in [4.69, 9.17) is 9.15 Å². The second kappa shape index (κ2) is 16.1. The molecular weight excluding hydrogens is 985 g/mol. The molecule has 3 aliphatic carbocycles. The molecule has 0 saturated carbocycles. The summed E-state index contributed by atoms with van der Waals surface area (Å²) in [6.07, 6.45) is 0. The Morgan fingerprint density at radius 3 is 1.78 bits per heavy atom. The second-order valence-electron chi connectivity index (χ2n) is 24.7. The number of ether oxygens (including phenoxy) is 1. The van der Waals surface area contributed by atoms with E-state index in [2.05, 4.69) is 270 Å².